The van der Waals surface area contributed by atoms with Gasteiger partial charge in [-0.3, -0.25) is 14.5 Å². The van der Waals surface area contributed by atoms with Gasteiger partial charge < -0.3 is 19.1 Å². The van der Waals surface area contributed by atoms with Crippen molar-refractivity contribution in [3.05, 3.63) is 98.7 Å². The lowest BCUT2D eigenvalue weighted by Crippen LogP contribution is -2.46. The quantitative estimate of drug-likeness (QED) is 0.434. The van der Waals surface area contributed by atoms with Crippen LogP contribution in [0.4, 0.5) is 0 Å². The van der Waals surface area contributed by atoms with Crippen LogP contribution in [0, 0.1) is 5.92 Å². The van der Waals surface area contributed by atoms with Crippen LogP contribution in [-0.4, -0.2) is 46.5 Å². The highest BCUT2D eigenvalue weighted by atomic mass is 16.5. The minimum absolute atomic E-state index is 0.0466. The number of benzene rings is 2. The molecule has 0 saturated carbocycles. The summed E-state index contributed by atoms with van der Waals surface area (Å²) in [5.41, 5.74) is 3.22. The van der Waals surface area contributed by atoms with E-state index in [1.54, 1.807) is 48.5 Å². The fourth-order valence-electron chi connectivity index (χ4n) is 5.78. The maximum atomic E-state index is 13.1. The Balaban J connectivity index is 1.25. The molecule has 8 heteroatoms. The van der Waals surface area contributed by atoms with E-state index in [-0.39, 0.29) is 28.8 Å². The van der Waals surface area contributed by atoms with Gasteiger partial charge in [0.05, 0.1) is 23.8 Å². The number of methoxy groups -OCH3 is 1. The molecule has 0 spiro atoms. The van der Waals surface area contributed by atoms with Gasteiger partial charge in [-0.25, -0.2) is 4.79 Å². The van der Waals surface area contributed by atoms with Crippen LogP contribution < -0.4 is 10.3 Å². The first kappa shape index (κ1) is 23.2. The van der Waals surface area contributed by atoms with E-state index in [2.05, 4.69) is 4.90 Å². The van der Waals surface area contributed by atoms with E-state index in [4.69, 9.17) is 9.47 Å². The second kappa shape index (κ2) is 9.05. The van der Waals surface area contributed by atoms with Crippen molar-refractivity contribution in [1.82, 2.24) is 9.47 Å². The Morgan fingerprint density at radius 2 is 1.89 bits per heavy atom. The van der Waals surface area contributed by atoms with Gasteiger partial charge in [0.2, 0.25) is 5.78 Å². The summed E-state index contributed by atoms with van der Waals surface area (Å²) < 4.78 is 12.6. The minimum atomic E-state index is -0.433. The highest BCUT2D eigenvalue weighted by Crippen LogP contribution is 2.42. The topological polar surface area (TPSA) is 98.1 Å². The van der Waals surface area contributed by atoms with Crippen molar-refractivity contribution in [2.24, 2.45) is 5.92 Å². The maximum Gasteiger partial charge on any atom is 0.337 e. The van der Waals surface area contributed by atoms with Crippen molar-refractivity contribution >= 4 is 17.8 Å². The summed E-state index contributed by atoms with van der Waals surface area (Å²) >= 11 is 0. The maximum absolute atomic E-state index is 13.1. The van der Waals surface area contributed by atoms with Crippen LogP contribution in [-0.2, 0) is 17.8 Å². The second-order valence-electron chi connectivity index (χ2n) is 9.89. The second-order valence-corrected chi connectivity index (χ2v) is 9.89. The van der Waals surface area contributed by atoms with Gasteiger partial charge in [-0.1, -0.05) is 18.2 Å². The zero-order chi connectivity index (χ0) is 25.7. The number of rotatable bonds is 4. The van der Waals surface area contributed by atoms with E-state index in [0.29, 0.717) is 47.0 Å². The molecule has 4 heterocycles. The number of fused-ring (bicyclic) bond motifs is 5. The summed E-state index contributed by atoms with van der Waals surface area (Å²) in [5, 5.41) is 10.7. The Morgan fingerprint density at radius 3 is 2.68 bits per heavy atom. The number of pyridine rings is 1. The van der Waals surface area contributed by atoms with Crippen molar-refractivity contribution in [2.45, 2.75) is 25.4 Å². The third kappa shape index (κ3) is 4.13. The average Bonchev–Trinajstić information content (AvgIpc) is 3.21. The lowest BCUT2D eigenvalue weighted by Gasteiger charge is -2.42. The first-order valence-electron chi connectivity index (χ1n) is 12.3. The van der Waals surface area contributed by atoms with E-state index in [9.17, 15) is 19.5 Å². The first-order valence-corrected chi connectivity index (χ1v) is 12.3. The minimum Gasteiger partial charge on any atom is -0.507 e. The van der Waals surface area contributed by atoms with Gasteiger partial charge in [-0.15, -0.1) is 0 Å². The number of piperidine rings is 1. The molecule has 188 valence electrons. The predicted molar refractivity (Wildman–Crippen MR) is 136 cm³/mol. The summed E-state index contributed by atoms with van der Waals surface area (Å²) in [7, 11) is 1.32. The SMILES string of the molecule is COC(=O)c1ccc(/C=C2\Oc3c(ccc(O)c3CN3CC4CC(C3)c3cccc(=O)n3C4)C2=O)cc1. The van der Waals surface area contributed by atoms with Crippen LogP contribution in [0.25, 0.3) is 6.08 Å². The molecule has 3 aromatic rings. The number of hydrogen-bond donors (Lipinski definition) is 1. The van der Waals surface area contributed by atoms with Crippen LogP contribution in [0.1, 0.15) is 49.9 Å². The smallest absolute Gasteiger partial charge is 0.337 e. The number of nitrogens with zero attached hydrogens (tertiary/aromatic N) is 2. The zero-order valence-electron chi connectivity index (χ0n) is 20.3. The summed E-state index contributed by atoms with van der Waals surface area (Å²) in [6.45, 7) is 2.68. The molecule has 0 amide bonds. The summed E-state index contributed by atoms with van der Waals surface area (Å²) in [5.74, 6) is 0.533. The largest absolute Gasteiger partial charge is 0.507 e. The molecule has 2 atom stereocenters. The molecule has 1 saturated heterocycles. The normalized spacial score (nSPS) is 21.3. The van der Waals surface area contributed by atoms with Crippen LogP contribution in [0.5, 0.6) is 11.5 Å². The van der Waals surface area contributed by atoms with Crippen molar-refractivity contribution < 1.29 is 24.2 Å². The van der Waals surface area contributed by atoms with Crippen LogP contribution >= 0.6 is 0 Å². The average molecular weight is 499 g/mol. The number of esters is 1. The number of ketones is 1. The molecule has 3 aliphatic heterocycles. The number of ether oxygens (including phenoxy) is 2. The third-order valence-corrected chi connectivity index (χ3v) is 7.48. The molecule has 1 aromatic heterocycles. The molecule has 2 unspecified atom stereocenters. The third-order valence-electron chi connectivity index (χ3n) is 7.48. The zero-order valence-corrected chi connectivity index (χ0v) is 20.3. The lowest BCUT2D eigenvalue weighted by molar-refractivity contribution is 0.0600. The molecule has 6 rings (SSSR count). The predicted octanol–water partition coefficient (Wildman–Crippen LogP) is 3.58. The van der Waals surface area contributed by atoms with Crippen molar-refractivity contribution in [1.29, 1.82) is 0 Å². The molecule has 0 radical (unpaired) electrons. The monoisotopic (exact) mass is 498 g/mol. The summed E-state index contributed by atoms with van der Waals surface area (Å²) in [4.78, 5) is 39.4. The number of Topliss-reactive ketones (excluding diaryl/α,β-unsaturated/α-hetero) is 1. The molecular formula is C29H26N2O6. The molecule has 2 aromatic carbocycles. The Morgan fingerprint density at radius 1 is 1.08 bits per heavy atom. The van der Waals surface area contributed by atoms with E-state index >= 15 is 0 Å². The fourth-order valence-corrected chi connectivity index (χ4v) is 5.78. The molecule has 1 N–H and O–H groups in total. The van der Waals surface area contributed by atoms with Crippen molar-refractivity contribution in [3.8, 4) is 11.5 Å². The molecule has 37 heavy (non-hydrogen) atoms. The van der Waals surface area contributed by atoms with E-state index in [1.165, 1.54) is 7.11 Å². The van der Waals surface area contributed by atoms with E-state index in [1.807, 2.05) is 16.7 Å². The van der Waals surface area contributed by atoms with Gasteiger partial charge in [0, 0.05) is 43.9 Å². The summed E-state index contributed by atoms with van der Waals surface area (Å²) in [6.07, 6.45) is 2.67. The standard InChI is InChI=1S/C29H26N2O6/c1-36-29(35)19-7-5-17(6-8-19)12-25-27(34)21-9-10-24(32)22(28(21)37-25)16-30-13-18-11-20(15-30)23-3-2-4-26(33)31(23)14-18/h2-10,12,18,20,32H,11,13-16H2,1H3/b25-12-. The summed E-state index contributed by atoms with van der Waals surface area (Å²) in [6, 6.07) is 15.3. The molecule has 2 bridgehead atoms. The number of hydrogen-bond acceptors (Lipinski definition) is 7. The van der Waals surface area contributed by atoms with Gasteiger partial charge in [0.15, 0.2) is 5.76 Å². The molecular weight excluding hydrogens is 472 g/mol. The lowest BCUT2D eigenvalue weighted by atomic mass is 9.83. The number of allylic oxidation sites excluding steroid dienone is 1. The van der Waals surface area contributed by atoms with Gasteiger partial charge in [0.1, 0.15) is 11.5 Å². The van der Waals surface area contributed by atoms with Crippen molar-refractivity contribution in [2.75, 3.05) is 20.2 Å². The molecule has 8 nitrogen and oxygen atoms in total. The first-order chi connectivity index (χ1) is 17.9. The Labute approximate surface area is 213 Å². The molecule has 1 fully saturated rings. The van der Waals surface area contributed by atoms with Crippen LogP contribution in [0.2, 0.25) is 0 Å². The highest BCUT2D eigenvalue weighted by molar-refractivity contribution is 6.15. The number of carbonyl (C=O) groups is 2. The highest BCUT2D eigenvalue weighted by Gasteiger charge is 2.36. The van der Waals surface area contributed by atoms with E-state index < -0.39 is 5.97 Å². The van der Waals surface area contributed by atoms with Crippen molar-refractivity contribution in [3.63, 3.8) is 0 Å². The fraction of sp³-hybridized carbons (Fsp3) is 0.276. The number of aromatic hydroxyl groups is 1. The number of carbonyl (C=O) groups excluding carboxylic acids is 2. The van der Waals surface area contributed by atoms with Gasteiger partial charge >= 0.3 is 5.97 Å². The van der Waals surface area contributed by atoms with Crippen LogP contribution in [0.15, 0.2) is 65.2 Å². The van der Waals surface area contributed by atoms with Gasteiger partial charge in [0.25, 0.3) is 5.56 Å². The molecule has 3 aliphatic rings. The number of phenols is 1. The Kier molecular flexibility index (Phi) is 5.68. The van der Waals surface area contributed by atoms with Gasteiger partial charge in [-0.05, 0) is 54.3 Å². The Hall–Kier alpha value is -4.17. The Bertz CT molecular complexity index is 1500. The van der Waals surface area contributed by atoms with Gasteiger partial charge in [-0.2, -0.15) is 0 Å². The number of aromatic nitrogens is 1. The molecule has 0 aliphatic carbocycles. The number of phenolic OH excluding ortho intramolecular Hbond substituents is 1. The van der Waals surface area contributed by atoms with E-state index in [0.717, 1.165) is 25.2 Å². The van der Waals surface area contributed by atoms with Crippen LogP contribution in [0.3, 0.4) is 0 Å². The number of likely N-dealkylation sites (tertiary alicyclic amines) is 1.